The first-order valence-corrected chi connectivity index (χ1v) is 6.67. The number of carbonyl (C=O) groups excluding carboxylic acids is 1. The number of halogens is 1. The fraction of sp³-hybridized carbons (Fsp3) is 0.500. The Balaban J connectivity index is 2.19. The van der Waals surface area contributed by atoms with Crippen LogP contribution >= 0.6 is 11.6 Å². The molecule has 0 saturated heterocycles. The molecule has 0 saturated carbocycles. The van der Waals surface area contributed by atoms with Crippen LogP contribution in [0.2, 0.25) is 0 Å². The van der Waals surface area contributed by atoms with E-state index < -0.39 is 0 Å². The number of alkyl halides is 1. The average molecular weight is 270 g/mol. The zero-order chi connectivity index (χ0) is 13.4. The molecule has 1 atom stereocenters. The van der Waals surface area contributed by atoms with Gasteiger partial charge < -0.3 is 10.1 Å². The van der Waals surface area contributed by atoms with Crippen molar-refractivity contribution < 1.29 is 9.53 Å². The van der Waals surface area contributed by atoms with Crippen molar-refractivity contribution in [2.45, 2.75) is 20.3 Å². The van der Waals surface area contributed by atoms with Gasteiger partial charge in [0.25, 0.3) is 0 Å². The SMILES string of the molecule is Cc1cccc(OCCC(=O)NCC(C)CCl)c1. The molecular formula is C14H20ClNO2. The van der Waals surface area contributed by atoms with Crippen molar-refractivity contribution in [3.05, 3.63) is 29.8 Å². The maximum Gasteiger partial charge on any atom is 0.223 e. The highest BCUT2D eigenvalue weighted by Gasteiger charge is 2.04. The Morgan fingerprint density at radius 2 is 2.28 bits per heavy atom. The number of carbonyl (C=O) groups is 1. The van der Waals surface area contributed by atoms with E-state index in [2.05, 4.69) is 5.32 Å². The molecule has 0 aliphatic heterocycles. The lowest BCUT2D eigenvalue weighted by Gasteiger charge is -2.10. The summed E-state index contributed by atoms with van der Waals surface area (Å²) in [5.41, 5.74) is 1.15. The third-order valence-corrected chi connectivity index (χ3v) is 3.03. The second-order valence-corrected chi connectivity index (χ2v) is 4.79. The molecule has 1 aromatic rings. The van der Waals surface area contributed by atoms with E-state index in [-0.39, 0.29) is 5.91 Å². The maximum atomic E-state index is 11.5. The average Bonchev–Trinajstić information content (AvgIpc) is 2.36. The number of benzene rings is 1. The summed E-state index contributed by atoms with van der Waals surface area (Å²) in [6.45, 7) is 5.01. The molecule has 0 aliphatic rings. The molecule has 18 heavy (non-hydrogen) atoms. The van der Waals surface area contributed by atoms with E-state index in [0.29, 0.717) is 31.4 Å². The normalized spacial score (nSPS) is 11.9. The fourth-order valence-corrected chi connectivity index (χ4v) is 1.51. The van der Waals surface area contributed by atoms with Crippen molar-refractivity contribution in [2.75, 3.05) is 19.0 Å². The summed E-state index contributed by atoms with van der Waals surface area (Å²) in [6.07, 6.45) is 0.364. The van der Waals surface area contributed by atoms with Crippen LogP contribution in [0.1, 0.15) is 18.9 Å². The highest BCUT2D eigenvalue weighted by atomic mass is 35.5. The Labute approximate surface area is 113 Å². The Morgan fingerprint density at radius 3 is 2.94 bits per heavy atom. The number of hydrogen-bond donors (Lipinski definition) is 1. The zero-order valence-electron chi connectivity index (χ0n) is 10.9. The molecule has 0 spiro atoms. The molecule has 1 rings (SSSR count). The maximum absolute atomic E-state index is 11.5. The van der Waals surface area contributed by atoms with Crippen molar-refractivity contribution in [3.8, 4) is 5.75 Å². The summed E-state index contributed by atoms with van der Waals surface area (Å²) in [5.74, 6) is 1.66. The zero-order valence-corrected chi connectivity index (χ0v) is 11.7. The van der Waals surface area contributed by atoms with Crippen LogP contribution in [-0.2, 0) is 4.79 Å². The van der Waals surface area contributed by atoms with Gasteiger partial charge >= 0.3 is 0 Å². The van der Waals surface area contributed by atoms with Crippen LogP contribution in [0.3, 0.4) is 0 Å². The van der Waals surface area contributed by atoms with Gasteiger partial charge in [0.15, 0.2) is 0 Å². The molecule has 1 N–H and O–H groups in total. The van der Waals surface area contributed by atoms with Crippen molar-refractivity contribution in [3.63, 3.8) is 0 Å². The molecule has 0 aromatic heterocycles. The van der Waals surface area contributed by atoms with E-state index in [1.54, 1.807) is 0 Å². The van der Waals surface area contributed by atoms with Gasteiger partial charge in [-0.1, -0.05) is 19.1 Å². The van der Waals surface area contributed by atoms with E-state index >= 15 is 0 Å². The van der Waals surface area contributed by atoms with Crippen molar-refractivity contribution in [1.82, 2.24) is 5.32 Å². The number of rotatable bonds is 7. The highest BCUT2D eigenvalue weighted by Crippen LogP contribution is 2.12. The summed E-state index contributed by atoms with van der Waals surface area (Å²) in [4.78, 5) is 11.5. The largest absolute Gasteiger partial charge is 0.493 e. The molecule has 3 nitrogen and oxygen atoms in total. The Hall–Kier alpha value is -1.22. The van der Waals surface area contributed by atoms with Gasteiger partial charge in [-0.25, -0.2) is 0 Å². The summed E-state index contributed by atoms with van der Waals surface area (Å²) >= 11 is 5.66. The summed E-state index contributed by atoms with van der Waals surface area (Å²) in [7, 11) is 0. The van der Waals surface area contributed by atoms with E-state index in [0.717, 1.165) is 11.3 Å². The van der Waals surface area contributed by atoms with Gasteiger partial charge in [-0.15, -0.1) is 11.6 Å². The third kappa shape index (κ3) is 5.92. The molecule has 1 unspecified atom stereocenters. The molecular weight excluding hydrogens is 250 g/mol. The standard InChI is InChI=1S/C14H20ClNO2/c1-11-4-3-5-13(8-11)18-7-6-14(17)16-10-12(2)9-15/h3-5,8,12H,6-7,9-10H2,1-2H3,(H,16,17). The first-order chi connectivity index (χ1) is 8.61. The van der Waals surface area contributed by atoms with Crippen LogP contribution in [0.4, 0.5) is 0 Å². The van der Waals surface area contributed by atoms with Crippen molar-refractivity contribution in [1.29, 1.82) is 0 Å². The number of ether oxygens (including phenoxy) is 1. The van der Waals surface area contributed by atoms with Gasteiger partial charge in [0.2, 0.25) is 5.91 Å². The van der Waals surface area contributed by atoms with Crippen molar-refractivity contribution >= 4 is 17.5 Å². The Bertz CT molecular complexity index is 382. The Morgan fingerprint density at radius 1 is 1.50 bits per heavy atom. The van der Waals surface area contributed by atoms with E-state index in [9.17, 15) is 4.79 Å². The predicted molar refractivity (Wildman–Crippen MR) is 74.2 cm³/mol. The van der Waals surface area contributed by atoms with Gasteiger partial charge in [0.1, 0.15) is 5.75 Å². The van der Waals surface area contributed by atoms with Gasteiger partial charge in [-0.2, -0.15) is 0 Å². The van der Waals surface area contributed by atoms with Crippen LogP contribution in [0.5, 0.6) is 5.75 Å². The smallest absolute Gasteiger partial charge is 0.223 e. The summed E-state index contributed by atoms with van der Waals surface area (Å²) < 4.78 is 5.50. The molecule has 0 fully saturated rings. The van der Waals surface area contributed by atoms with Gasteiger partial charge in [0.05, 0.1) is 13.0 Å². The molecule has 0 heterocycles. The van der Waals surface area contributed by atoms with Crippen LogP contribution in [0, 0.1) is 12.8 Å². The van der Waals surface area contributed by atoms with E-state index in [4.69, 9.17) is 16.3 Å². The number of amides is 1. The monoisotopic (exact) mass is 269 g/mol. The predicted octanol–water partition coefficient (Wildman–Crippen LogP) is 2.76. The van der Waals surface area contributed by atoms with E-state index in [1.807, 2.05) is 38.1 Å². The van der Waals surface area contributed by atoms with Gasteiger partial charge in [0, 0.05) is 12.4 Å². The number of nitrogens with one attached hydrogen (secondary N) is 1. The Kier molecular flexibility index (Phi) is 6.58. The van der Waals surface area contributed by atoms with Crippen LogP contribution in [-0.4, -0.2) is 24.9 Å². The summed E-state index contributed by atoms with van der Waals surface area (Å²) in [6, 6.07) is 7.79. The fourth-order valence-electron chi connectivity index (χ4n) is 1.40. The first kappa shape index (κ1) is 14.8. The second kappa shape index (κ2) is 7.98. The molecule has 100 valence electrons. The molecule has 1 amide bonds. The van der Waals surface area contributed by atoms with Crippen LogP contribution < -0.4 is 10.1 Å². The van der Waals surface area contributed by atoms with E-state index in [1.165, 1.54) is 0 Å². The first-order valence-electron chi connectivity index (χ1n) is 6.14. The van der Waals surface area contributed by atoms with Gasteiger partial charge in [-0.05, 0) is 30.5 Å². The molecule has 4 heteroatoms. The lowest BCUT2D eigenvalue weighted by molar-refractivity contribution is -0.121. The summed E-state index contributed by atoms with van der Waals surface area (Å²) in [5, 5.41) is 2.83. The van der Waals surface area contributed by atoms with Gasteiger partial charge in [-0.3, -0.25) is 4.79 Å². The quantitative estimate of drug-likeness (QED) is 0.773. The second-order valence-electron chi connectivity index (χ2n) is 4.48. The lowest BCUT2D eigenvalue weighted by atomic mass is 10.2. The number of hydrogen-bond acceptors (Lipinski definition) is 2. The third-order valence-electron chi connectivity index (χ3n) is 2.50. The minimum Gasteiger partial charge on any atom is -0.493 e. The van der Waals surface area contributed by atoms with Crippen molar-refractivity contribution in [2.24, 2.45) is 5.92 Å². The topological polar surface area (TPSA) is 38.3 Å². The van der Waals surface area contributed by atoms with Crippen LogP contribution in [0.15, 0.2) is 24.3 Å². The lowest BCUT2D eigenvalue weighted by Crippen LogP contribution is -2.29. The molecule has 1 aromatic carbocycles. The minimum absolute atomic E-state index is 0.000352. The molecule has 0 aliphatic carbocycles. The molecule has 0 radical (unpaired) electrons. The highest BCUT2D eigenvalue weighted by molar-refractivity contribution is 6.18. The van der Waals surface area contributed by atoms with Crippen LogP contribution in [0.25, 0.3) is 0 Å². The minimum atomic E-state index is -0.000352. The number of aryl methyl sites for hydroxylation is 1. The molecule has 0 bridgehead atoms.